The Balaban J connectivity index is 1.48. The van der Waals surface area contributed by atoms with Crippen LogP contribution in [0.25, 0.3) is 0 Å². The molecule has 1 saturated heterocycles. The first-order valence-corrected chi connectivity index (χ1v) is 13.0. The summed E-state index contributed by atoms with van der Waals surface area (Å²) in [5.74, 6) is 0.460. The Kier molecular flexibility index (Phi) is 6.79. The number of halogens is 1. The molecule has 2 aliphatic rings. The largest absolute Gasteiger partial charge is 0.350 e. The third kappa shape index (κ3) is 4.65. The summed E-state index contributed by atoms with van der Waals surface area (Å²) in [6.45, 7) is 7.34. The number of hydrogen-bond acceptors (Lipinski definition) is 4. The van der Waals surface area contributed by atoms with Gasteiger partial charge in [0.1, 0.15) is 4.90 Å². The van der Waals surface area contributed by atoms with Crippen LogP contribution in [-0.4, -0.2) is 51.4 Å². The lowest BCUT2D eigenvalue weighted by Gasteiger charge is -2.35. The number of fused-ring (bicyclic) bond motifs is 1. The molecule has 1 amide bonds. The summed E-state index contributed by atoms with van der Waals surface area (Å²) in [6.07, 6.45) is 3.01. The van der Waals surface area contributed by atoms with Gasteiger partial charge in [-0.25, -0.2) is 8.42 Å². The smallest absolute Gasteiger partial charge is 0.265 e. The number of rotatable bonds is 6. The van der Waals surface area contributed by atoms with Crippen LogP contribution in [-0.2, 0) is 16.4 Å². The van der Waals surface area contributed by atoms with E-state index >= 15 is 0 Å². The second kappa shape index (κ2) is 9.41. The zero-order valence-corrected chi connectivity index (χ0v) is 20.1. The van der Waals surface area contributed by atoms with Crippen LogP contribution in [0.4, 0.5) is 5.69 Å². The van der Waals surface area contributed by atoms with Gasteiger partial charge < -0.3 is 5.32 Å². The molecule has 172 valence electrons. The van der Waals surface area contributed by atoms with E-state index in [9.17, 15) is 13.2 Å². The number of piperidine rings is 1. The molecule has 0 bridgehead atoms. The third-order valence-electron chi connectivity index (χ3n) is 6.61. The van der Waals surface area contributed by atoms with Crippen molar-refractivity contribution in [1.82, 2.24) is 10.2 Å². The molecule has 6 nitrogen and oxygen atoms in total. The highest BCUT2D eigenvalue weighted by Gasteiger charge is 2.32. The van der Waals surface area contributed by atoms with Crippen molar-refractivity contribution in [3.8, 4) is 0 Å². The van der Waals surface area contributed by atoms with Crippen molar-refractivity contribution in [3.63, 3.8) is 0 Å². The number of anilines is 1. The summed E-state index contributed by atoms with van der Waals surface area (Å²) in [7, 11) is -3.88. The molecule has 0 aromatic heterocycles. The number of sulfonamides is 1. The highest BCUT2D eigenvalue weighted by molar-refractivity contribution is 7.93. The van der Waals surface area contributed by atoms with Crippen molar-refractivity contribution in [2.75, 3.05) is 30.5 Å². The zero-order valence-electron chi connectivity index (χ0n) is 18.6. The molecule has 0 spiro atoms. The number of para-hydroxylation sites is 1. The van der Waals surface area contributed by atoms with Crippen LogP contribution in [0.2, 0.25) is 5.02 Å². The minimum absolute atomic E-state index is 0.0402. The molecule has 4 rings (SSSR count). The molecule has 2 aromatic rings. The predicted molar refractivity (Wildman–Crippen MR) is 128 cm³/mol. The average molecular weight is 476 g/mol. The molecule has 1 unspecified atom stereocenters. The Morgan fingerprint density at radius 3 is 2.62 bits per heavy atom. The number of nitrogens with zero attached hydrogens (tertiary/aromatic N) is 2. The molecule has 2 aromatic carbocycles. The maximum Gasteiger partial charge on any atom is 0.265 e. The summed E-state index contributed by atoms with van der Waals surface area (Å²) < 4.78 is 28.2. The first-order valence-electron chi connectivity index (χ1n) is 11.2. The number of carbonyl (C=O) groups excluding carboxylic acids is 1. The summed E-state index contributed by atoms with van der Waals surface area (Å²) in [5, 5.41) is 3.07. The maximum absolute atomic E-state index is 13.4. The molecule has 2 heterocycles. The lowest BCUT2D eigenvalue weighted by Crippen LogP contribution is -2.45. The van der Waals surface area contributed by atoms with E-state index < -0.39 is 10.0 Å². The number of hydrogen-bond donors (Lipinski definition) is 1. The Labute approximate surface area is 195 Å². The standard InChI is InChI=1S/C24H30ClN3O3S/c1-17-9-12-27(13-10-17)18(2)16-26-24(29)20-7-8-21(25)23(15-20)32(30,31)28-14-11-19-5-3-4-6-22(19)28/h3-8,15,17-18H,9-14,16H2,1-2H3,(H,26,29). The van der Waals surface area contributed by atoms with Crippen LogP contribution >= 0.6 is 11.6 Å². The molecule has 0 aliphatic carbocycles. The molecule has 1 fully saturated rings. The molecule has 0 saturated carbocycles. The van der Waals surface area contributed by atoms with Crippen LogP contribution in [0.1, 0.15) is 42.6 Å². The van der Waals surface area contributed by atoms with Crippen LogP contribution < -0.4 is 9.62 Å². The van der Waals surface area contributed by atoms with Gasteiger partial charge in [-0.3, -0.25) is 14.0 Å². The summed E-state index contributed by atoms with van der Waals surface area (Å²) in [6, 6.07) is 12.1. The Morgan fingerprint density at radius 1 is 1.16 bits per heavy atom. The SMILES string of the molecule is CC1CCN(C(C)CNC(=O)c2ccc(Cl)c(S(=O)(=O)N3CCc4ccccc43)c2)CC1. The van der Waals surface area contributed by atoms with E-state index in [0.29, 0.717) is 30.8 Å². The number of carbonyl (C=O) groups is 1. The lowest BCUT2D eigenvalue weighted by molar-refractivity contribution is 0.0921. The predicted octanol–water partition coefficient (Wildman–Crippen LogP) is 3.94. The first-order chi connectivity index (χ1) is 15.3. The monoisotopic (exact) mass is 475 g/mol. The number of amides is 1. The molecule has 32 heavy (non-hydrogen) atoms. The van der Waals surface area contributed by atoms with E-state index in [2.05, 4.69) is 24.1 Å². The number of nitrogens with one attached hydrogen (secondary N) is 1. The summed E-state index contributed by atoms with van der Waals surface area (Å²) >= 11 is 6.29. The third-order valence-corrected chi connectivity index (χ3v) is 8.90. The minimum Gasteiger partial charge on any atom is -0.350 e. The molecule has 2 aliphatic heterocycles. The van der Waals surface area contributed by atoms with Crippen LogP contribution in [0, 0.1) is 5.92 Å². The van der Waals surface area contributed by atoms with Gasteiger partial charge in [-0.2, -0.15) is 0 Å². The fraction of sp³-hybridized carbons (Fsp3) is 0.458. The van der Waals surface area contributed by atoms with Crippen molar-refractivity contribution in [3.05, 3.63) is 58.6 Å². The molecular weight excluding hydrogens is 446 g/mol. The minimum atomic E-state index is -3.88. The number of likely N-dealkylation sites (tertiary alicyclic amines) is 1. The fourth-order valence-electron chi connectivity index (χ4n) is 4.46. The summed E-state index contributed by atoms with van der Waals surface area (Å²) in [5.41, 5.74) is 1.95. The van der Waals surface area contributed by atoms with Crippen LogP contribution in [0.5, 0.6) is 0 Å². The highest BCUT2D eigenvalue weighted by atomic mass is 35.5. The van der Waals surface area contributed by atoms with E-state index in [-0.39, 0.29) is 21.9 Å². The topological polar surface area (TPSA) is 69.7 Å². The average Bonchev–Trinajstić information content (AvgIpc) is 3.23. The second-order valence-electron chi connectivity index (χ2n) is 8.88. The molecule has 1 N–H and O–H groups in total. The summed E-state index contributed by atoms with van der Waals surface area (Å²) in [4.78, 5) is 15.2. The van der Waals surface area contributed by atoms with E-state index in [1.807, 2.05) is 18.2 Å². The Bertz CT molecular complexity index is 1100. The van der Waals surface area contributed by atoms with Gasteiger partial charge in [0.2, 0.25) is 0 Å². The van der Waals surface area contributed by atoms with Gasteiger partial charge in [0.05, 0.1) is 10.7 Å². The normalized spacial score (nSPS) is 18.4. The van der Waals surface area contributed by atoms with Gasteiger partial charge in [0.15, 0.2) is 0 Å². The van der Waals surface area contributed by atoms with Crippen molar-refractivity contribution in [2.24, 2.45) is 5.92 Å². The number of benzene rings is 2. The van der Waals surface area contributed by atoms with Crippen LogP contribution in [0.3, 0.4) is 0 Å². The van der Waals surface area contributed by atoms with Crippen LogP contribution in [0.15, 0.2) is 47.4 Å². The van der Waals surface area contributed by atoms with Gasteiger partial charge >= 0.3 is 0 Å². The molecule has 1 atom stereocenters. The van der Waals surface area contributed by atoms with Crippen molar-refractivity contribution >= 4 is 33.2 Å². The van der Waals surface area contributed by atoms with Gasteiger partial charge in [-0.05, 0) is 75.0 Å². The van der Waals surface area contributed by atoms with Gasteiger partial charge in [0, 0.05) is 24.7 Å². The van der Waals surface area contributed by atoms with Crippen molar-refractivity contribution < 1.29 is 13.2 Å². The van der Waals surface area contributed by atoms with E-state index in [1.54, 1.807) is 12.1 Å². The van der Waals surface area contributed by atoms with Gasteiger partial charge in [-0.1, -0.05) is 36.7 Å². The van der Waals surface area contributed by atoms with E-state index in [0.717, 1.165) is 24.6 Å². The Hall–Kier alpha value is -2.09. The van der Waals surface area contributed by atoms with E-state index in [4.69, 9.17) is 11.6 Å². The van der Waals surface area contributed by atoms with Gasteiger partial charge in [-0.15, -0.1) is 0 Å². The van der Waals surface area contributed by atoms with E-state index in [1.165, 1.54) is 29.3 Å². The first kappa shape index (κ1) is 23.1. The van der Waals surface area contributed by atoms with Crippen molar-refractivity contribution in [2.45, 2.75) is 44.0 Å². The fourth-order valence-corrected chi connectivity index (χ4v) is 6.47. The maximum atomic E-state index is 13.4. The quantitative estimate of drug-likeness (QED) is 0.687. The molecule has 0 radical (unpaired) electrons. The lowest BCUT2D eigenvalue weighted by atomic mass is 9.98. The van der Waals surface area contributed by atoms with Crippen molar-refractivity contribution in [1.29, 1.82) is 0 Å². The highest BCUT2D eigenvalue weighted by Crippen LogP contribution is 2.35. The van der Waals surface area contributed by atoms with Gasteiger partial charge in [0.25, 0.3) is 15.9 Å². The molecular formula is C24H30ClN3O3S. The molecule has 8 heteroatoms. The zero-order chi connectivity index (χ0) is 22.9. The Morgan fingerprint density at radius 2 is 1.88 bits per heavy atom. The second-order valence-corrected chi connectivity index (χ2v) is 11.1.